The van der Waals surface area contributed by atoms with Gasteiger partial charge >= 0.3 is 0 Å². The van der Waals surface area contributed by atoms with E-state index in [1.165, 1.54) is 11.8 Å². The Kier molecular flexibility index (Phi) is 5.79. The van der Waals surface area contributed by atoms with Crippen molar-refractivity contribution in [2.75, 3.05) is 42.3 Å². The molecular weight excluding hydrogens is 396 g/mol. The van der Waals surface area contributed by atoms with Crippen LogP contribution in [0.25, 0.3) is 10.2 Å². The molecule has 0 unspecified atom stereocenters. The van der Waals surface area contributed by atoms with Gasteiger partial charge in [0.1, 0.15) is 6.33 Å². The molecule has 1 aliphatic heterocycles. The summed E-state index contributed by atoms with van der Waals surface area (Å²) in [5.74, 6) is 0.214. The van der Waals surface area contributed by atoms with Gasteiger partial charge in [0.05, 0.1) is 29.2 Å². The van der Waals surface area contributed by atoms with E-state index >= 15 is 0 Å². The molecule has 3 aromatic rings. The van der Waals surface area contributed by atoms with Gasteiger partial charge in [0.15, 0.2) is 10.3 Å². The summed E-state index contributed by atoms with van der Waals surface area (Å²) in [5.41, 5.74) is 1.73. The van der Waals surface area contributed by atoms with E-state index in [1.807, 2.05) is 22.8 Å². The van der Waals surface area contributed by atoms with E-state index in [0.717, 1.165) is 52.5 Å². The Hall–Kier alpha value is -2.17. The van der Waals surface area contributed by atoms with Gasteiger partial charge in [-0.25, -0.2) is 4.98 Å². The molecule has 1 aliphatic rings. The molecule has 0 bridgehead atoms. The van der Waals surface area contributed by atoms with Crippen LogP contribution in [0.2, 0.25) is 0 Å². The highest BCUT2D eigenvalue weighted by molar-refractivity contribution is 7.99. The van der Waals surface area contributed by atoms with Crippen LogP contribution in [0.5, 0.6) is 0 Å². The van der Waals surface area contributed by atoms with Crippen molar-refractivity contribution >= 4 is 50.0 Å². The number of rotatable bonds is 6. The minimum absolute atomic E-state index is 0.0689. The first-order valence-corrected chi connectivity index (χ1v) is 11.0. The molecule has 1 saturated heterocycles. The summed E-state index contributed by atoms with van der Waals surface area (Å²) < 4.78 is 8.42. The summed E-state index contributed by atoms with van der Waals surface area (Å²) in [4.78, 5) is 19.3. The molecule has 28 heavy (non-hydrogen) atoms. The van der Waals surface area contributed by atoms with Crippen LogP contribution in [0, 0.1) is 0 Å². The summed E-state index contributed by atoms with van der Waals surface area (Å²) in [6.07, 6.45) is 1.69. The highest BCUT2D eigenvalue weighted by Crippen LogP contribution is 2.31. The summed E-state index contributed by atoms with van der Waals surface area (Å²) in [6, 6.07) is 6.09. The number of thiazole rings is 1. The summed E-state index contributed by atoms with van der Waals surface area (Å²) in [5, 5.41) is 12.7. The van der Waals surface area contributed by atoms with E-state index in [4.69, 9.17) is 9.72 Å². The molecule has 10 heteroatoms. The lowest BCUT2D eigenvalue weighted by atomic mass is 10.3. The van der Waals surface area contributed by atoms with E-state index in [-0.39, 0.29) is 17.7 Å². The van der Waals surface area contributed by atoms with Crippen molar-refractivity contribution in [1.82, 2.24) is 19.7 Å². The number of amides is 1. The van der Waals surface area contributed by atoms with Crippen molar-refractivity contribution in [1.29, 1.82) is 0 Å². The number of carbonyl (C=O) groups excluding carboxylic acids is 1. The molecule has 3 heterocycles. The first-order valence-electron chi connectivity index (χ1n) is 9.15. The molecule has 1 amide bonds. The fourth-order valence-corrected chi connectivity index (χ4v) is 4.80. The molecule has 8 nitrogen and oxygen atoms in total. The number of ether oxygens (including phenoxy) is 1. The van der Waals surface area contributed by atoms with Gasteiger partial charge in [-0.1, -0.05) is 23.1 Å². The van der Waals surface area contributed by atoms with Crippen molar-refractivity contribution in [2.24, 2.45) is 0 Å². The van der Waals surface area contributed by atoms with E-state index < -0.39 is 0 Å². The molecule has 0 atom stereocenters. The zero-order chi connectivity index (χ0) is 19.5. The Morgan fingerprint density at radius 1 is 1.36 bits per heavy atom. The van der Waals surface area contributed by atoms with Crippen LogP contribution in [-0.2, 0) is 9.53 Å². The molecule has 1 aromatic carbocycles. The van der Waals surface area contributed by atoms with Crippen LogP contribution in [0.3, 0.4) is 0 Å². The number of benzene rings is 1. The molecule has 0 saturated carbocycles. The van der Waals surface area contributed by atoms with Crippen molar-refractivity contribution in [3.63, 3.8) is 0 Å². The van der Waals surface area contributed by atoms with Gasteiger partial charge in [0.25, 0.3) is 0 Å². The zero-order valence-corrected chi connectivity index (χ0v) is 17.4. The summed E-state index contributed by atoms with van der Waals surface area (Å²) >= 11 is 3.03. The van der Waals surface area contributed by atoms with E-state index in [9.17, 15) is 4.79 Å². The van der Waals surface area contributed by atoms with Gasteiger partial charge in [0.2, 0.25) is 5.91 Å². The van der Waals surface area contributed by atoms with Crippen LogP contribution in [0.15, 0.2) is 29.7 Å². The molecule has 0 spiro atoms. The molecule has 0 radical (unpaired) electrons. The Morgan fingerprint density at radius 2 is 2.18 bits per heavy atom. The quantitative estimate of drug-likeness (QED) is 0.616. The van der Waals surface area contributed by atoms with Crippen LogP contribution in [0.1, 0.15) is 19.9 Å². The Bertz CT molecular complexity index is 964. The smallest absolute Gasteiger partial charge is 0.234 e. The van der Waals surface area contributed by atoms with Crippen molar-refractivity contribution < 1.29 is 9.53 Å². The number of aromatic nitrogens is 4. The molecular formula is C18H22N6O2S2. The topological polar surface area (TPSA) is 85.2 Å². The SMILES string of the molecule is CC(C)n1cnnc1SCC(=O)Nc1ccc2nc(N3CCOCC3)sc2c1. The number of nitrogens with one attached hydrogen (secondary N) is 1. The fourth-order valence-electron chi connectivity index (χ4n) is 2.90. The lowest BCUT2D eigenvalue weighted by molar-refractivity contribution is -0.113. The monoisotopic (exact) mass is 418 g/mol. The van der Waals surface area contributed by atoms with Gasteiger partial charge in [-0.3, -0.25) is 4.79 Å². The number of fused-ring (bicyclic) bond motifs is 1. The first kappa shape index (κ1) is 19.2. The number of carbonyl (C=O) groups is 1. The maximum atomic E-state index is 12.4. The standard InChI is InChI=1S/C18H22N6O2S2/c1-12(2)24-11-19-22-18(24)27-10-16(25)20-13-3-4-14-15(9-13)28-17(21-14)23-5-7-26-8-6-23/h3-4,9,11-12H,5-8,10H2,1-2H3,(H,20,25). The van der Waals surface area contributed by atoms with Crippen molar-refractivity contribution in [2.45, 2.75) is 25.0 Å². The second-order valence-corrected chi connectivity index (χ2v) is 8.68. The third-order valence-corrected chi connectivity index (χ3v) is 6.41. The van der Waals surface area contributed by atoms with Crippen molar-refractivity contribution in [3.05, 3.63) is 24.5 Å². The maximum absolute atomic E-state index is 12.4. The average molecular weight is 419 g/mol. The van der Waals surface area contributed by atoms with E-state index in [1.54, 1.807) is 17.7 Å². The van der Waals surface area contributed by atoms with Gasteiger partial charge in [0, 0.05) is 24.8 Å². The number of thioether (sulfide) groups is 1. The second-order valence-electron chi connectivity index (χ2n) is 6.73. The van der Waals surface area contributed by atoms with Gasteiger partial charge in [-0.2, -0.15) is 0 Å². The molecule has 1 N–H and O–H groups in total. The van der Waals surface area contributed by atoms with Gasteiger partial charge in [-0.05, 0) is 32.0 Å². The van der Waals surface area contributed by atoms with Crippen LogP contribution >= 0.6 is 23.1 Å². The average Bonchev–Trinajstić information content (AvgIpc) is 3.33. The van der Waals surface area contributed by atoms with Crippen molar-refractivity contribution in [3.8, 4) is 0 Å². The normalized spacial score (nSPS) is 14.8. The zero-order valence-electron chi connectivity index (χ0n) is 15.8. The fraction of sp³-hybridized carbons (Fsp3) is 0.444. The van der Waals surface area contributed by atoms with E-state index in [0.29, 0.717) is 0 Å². The lowest BCUT2D eigenvalue weighted by Crippen LogP contribution is -2.36. The number of hydrogen-bond donors (Lipinski definition) is 1. The number of nitrogens with zero attached hydrogens (tertiary/aromatic N) is 5. The Balaban J connectivity index is 1.39. The minimum Gasteiger partial charge on any atom is -0.378 e. The summed E-state index contributed by atoms with van der Waals surface area (Å²) in [6.45, 7) is 7.31. The molecule has 148 valence electrons. The molecule has 1 fully saturated rings. The minimum atomic E-state index is -0.0689. The van der Waals surface area contributed by atoms with Gasteiger partial charge < -0.3 is 19.5 Å². The van der Waals surface area contributed by atoms with Crippen LogP contribution in [0.4, 0.5) is 10.8 Å². The lowest BCUT2D eigenvalue weighted by Gasteiger charge is -2.25. The first-order chi connectivity index (χ1) is 13.6. The largest absolute Gasteiger partial charge is 0.378 e. The predicted molar refractivity (Wildman–Crippen MR) is 112 cm³/mol. The van der Waals surface area contributed by atoms with Crippen LogP contribution in [-0.4, -0.2) is 57.7 Å². The maximum Gasteiger partial charge on any atom is 0.234 e. The Labute approximate surface area is 171 Å². The third-order valence-electron chi connectivity index (χ3n) is 4.37. The number of morpholine rings is 1. The van der Waals surface area contributed by atoms with Crippen LogP contribution < -0.4 is 10.2 Å². The molecule has 4 rings (SSSR count). The molecule has 0 aliphatic carbocycles. The highest BCUT2D eigenvalue weighted by Gasteiger charge is 2.16. The van der Waals surface area contributed by atoms with E-state index in [2.05, 4.69) is 34.3 Å². The number of hydrogen-bond acceptors (Lipinski definition) is 8. The summed E-state index contributed by atoms with van der Waals surface area (Å²) in [7, 11) is 0. The second kappa shape index (κ2) is 8.46. The van der Waals surface area contributed by atoms with Gasteiger partial charge in [-0.15, -0.1) is 10.2 Å². The molecule has 2 aromatic heterocycles. The third kappa shape index (κ3) is 4.29. The predicted octanol–water partition coefficient (Wildman–Crippen LogP) is 3.04. The Morgan fingerprint density at radius 3 is 2.96 bits per heavy atom. The highest BCUT2D eigenvalue weighted by atomic mass is 32.2. The number of anilines is 2.